The standard InChI is InChI=1S/C27H30N2O5/c1-5-16-29(27(2,3)4)25(32)23(14-15-24(30)31)28-26(33)34-17-22-20-12-8-6-10-18(20)19-11-7-9-13-21(19)22/h1,6-13,22-23H,14-17H2,2-4H3,(H,28,33)(H,30,31). The van der Waals surface area contributed by atoms with Gasteiger partial charge < -0.3 is 20.1 Å². The van der Waals surface area contributed by atoms with E-state index in [1.165, 1.54) is 4.90 Å². The fraction of sp³-hybridized carbons (Fsp3) is 0.370. The number of carbonyl (C=O) groups excluding carboxylic acids is 2. The van der Waals surface area contributed by atoms with Crippen LogP contribution in [0, 0.1) is 12.3 Å². The number of amides is 2. The number of carboxylic acid groups (broad SMARTS) is 1. The van der Waals surface area contributed by atoms with E-state index in [1.54, 1.807) is 0 Å². The number of carboxylic acids is 1. The SMILES string of the molecule is C#CCN(C(=O)C(CCC(=O)O)NC(=O)OCC1c2ccccc2-c2ccccc21)C(C)(C)C. The lowest BCUT2D eigenvalue weighted by atomic mass is 9.98. The molecule has 0 radical (unpaired) electrons. The van der Waals surface area contributed by atoms with E-state index in [1.807, 2.05) is 69.3 Å². The molecular formula is C27H30N2O5. The van der Waals surface area contributed by atoms with Gasteiger partial charge in [0, 0.05) is 17.9 Å². The van der Waals surface area contributed by atoms with Gasteiger partial charge in [-0.1, -0.05) is 54.5 Å². The zero-order valence-corrected chi connectivity index (χ0v) is 19.7. The highest BCUT2D eigenvalue weighted by molar-refractivity contribution is 5.87. The Kier molecular flexibility index (Phi) is 7.62. The second-order valence-electron chi connectivity index (χ2n) is 9.25. The average molecular weight is 463 g/mol. The molecule has 0 saturated carbocycles. The van der Waals surface area contributed by atoms with Gasteiger partial charge in [-0.05, 0) is 49.4 Å². The highest BCUT2D eigenvalue weighted by atomic mass is 16.5. The van der Waals surface area contributed by atoms with Crippen molar-refractivity contribution in [1.29, 1.82) is 0 Å². The van der Waals surface area contributed by atoms with E-state index >= 15 is 0 Å². The molecule has 178 valence electrons. The Morgan fingerprint density at radius 3 is 2.15 bits per heavy atom. The van der Waals surface area contributed by atoms with Crippen molar-refractivity contribution < 1.29 is 24.2 Å². The predicted molar refractivity (Wildman–Crippen MR) is 129 cm³/mol. The molecule has 7 nitrogen and oxygen atoms in total. The van der Waals surface area contributed by atoms with Crippen LogP contribution in [0.4, 0.5) is 4.79 Å². The van der Waals surface area contributed by atoms with Gasteiger partial charge in [-0.2, -0.15) is 0 Å². The van der Waals surface area contributed by atoms with Gasteiger partial charge in [0.05, 0.1) is 6.54 Å². The number of ether oxygens (including phenoxy) is 1. The number of carbonyl (C=O) groups is 3. The molecule has 2 aromatic carbocycles. The normalized spacial score (nSPS) is 13.2. The lowest BCUT2D eigenvalue weighted by Gasteiger charge is -2.36. The molecule has 34 heavy (non-hydrogen) atoms. The second kappa shape index (κ2) is 10.4. The Balaban J connectivity index is 1.73. The highest BCUT2D eigenvalue weighted by Gasteiger charge is 2.34. The second-order valence-corrected chi connectivity index (χ2v) is 9.25. The van der Waals surface area contributed by atoms with Crippen LogP contribution in [0.2, 0.25) is 0 Å². The molecule has 0 heterocycles. The Hall–Kier alpha value is -3.79. The van der Waals surface area contributed by atoms with Crippen LogP contribution in [0.3, 0.4) is 0 Å². The average Bonchev–Trinajstić information content (AvgIpc) is 3.11. The maximum Gasteiger partial charge on any atom is 0.407 e. The maximum absolute atomic E-state index is 13.2. The number of terminal acetylenes is 1. The molecular weight excluding hydrogens is 432 g/mol. The maximum atomic E-state index is 13.2. The van der Waals surface area contributed by atoms with Gasteiger partial charge in [-0.25, -0.2) is 4.79 Å². The van der Waals surface area contributed by atoms with Crippen LogP contribution >= 0.6 is 0 Å². The molecule has 0 bridgehead atoms. The molecule has 0 spiro atoms. The minimum absolute atomic E-state index is 0.0400. The van der Waals surface area contributed by atoms with Crippen LogP contribution in [0.1, 0.15) is 50.7 Å². The van der Waals surface area contributed by atoms with Gasteiger partial charge in [0.25, 0.3) is 0 Å². The van der Waals surface area contributed by atoms with Crippen molar-refractivity contribution >= 4 is 18.0 Å². The molecule has 7 heteroatoms. The molecule has 3 rings (SSSR count). The number of nitrogens with zero attached hydrogens (tertiary/aromatic N) is 1. The molecule has 2 N–H and O–H groups in total. The first-order valence-corrected chi connectivity index (χ1v) is 11.2. The first kappa shape index (κ1) is 24.8. The number of hydrogen-bond donors (Lipinski definition) is 2. The van der Waals surface area contributed by atoms with Crippen LogP contribution < -0.4 is 5.32 Å². The van der Waals surface area contributed by atoms with Gasteiger partial charge in [-0.3, -0.25) is 9.59 Å². The van der Waals surface area contributed by atoms with E-state index in [0.29, 0.717) is 0 Å². The summed E-state index contributed by atoms with van der Waals surface area (Å²) in [5.74, 6) is 0.820. The first-order valence-electron chi connectivity index (χ1n) is 11.2. The van der Waals surface area contributed by atoms with Crippen LogP contribution in [0.5, 0.6) is 0 Å². The monoisotopic (exact) mass is 462 g/mol. The summed E-state index contributed by atoms with van der Waals surface area (Å²) in [6, 6.07) is 14.9. The Morgan fingerprint density at radius 1 is 1.09 bits per heavy atom. The van der Waals surface area contributed by atoms with E-state index < -0.39 is 29.6 Å². The van der Waals surface area contributed by atoms with Crippen molar-refractivity contribution in [3.05, 3.63) is 59.7 Å². The van der Waals surface area contributed by atoms with Gasteiger partial charge in [0.1, 0.15) is 12.6 Å². The number of rotatable bonds is 8. The number of nitrogens with one attached hydrogen (secondary N) is 1. The lowest BCUT2D eigenvalue weighted by Crippen LogP contribution is -2.55. The zero-order valence-electron chi connectivity index (χ0n) is 19.7. The Bertz CT molecular complexity index is 1070. The molecule has 1 aliphatic rings. The van der Waals surface area contributed by atoms with Crippen LogP contribution in [-0.4, -0.2) is 52.7 Å². The summed E-state index contributed by atoms with van der Waals surface area (Å²) in [5, 5.41) is 11.7. The summed E-state index contributed by atoms with van der Waals surface area (Å²) >= 11 is 0. The third kappa shape index (κ3) is 5.57. The molecule has 0 aliphatic heterocycles. The minimum Gasteiger partial charge on any atom is -0.481 e. The van der Waals surface area contributed by atoms with E-state index in [0.717, 1.165) is 22.3 Å². The molecule has 0 saturated heterocycles. The molecule has 1 atom stereocenters. The van der Waals surface area contributed by atoms with Crippen molar-refractivity contribution in [2.75, 3.05) is 13.2 Å². The van der Waals surface area contributed by atoms with Gasteiger partial charge in [0.15, 0.2) is 0 Å². The van der Waals surface area contributed by atoms with E-state index in [4.69, 9.17) is 16.3 Å². The summed E-state index contributed by atoms with van der Waals surface area (Å²) in [6.45, 7) is 5.60. The molecule has 2 amide bonds. The zero-order chi connectivity index (χ0) is 24.9. The fourth-order valence-electron chi connectivity index (χ4n) is 4.23. The first-order chi connectivity index (χ1) is 16.1. The molecule has 0 aromatic heterocycles. The van der Waals surface area contributed by atoms with Crippen LogP contribution in [0.15, 0.2) is 48.5 Å². The smallest absolute Gasteiger partial charge is 0.407 e. The largest absolute Gasteiger partial charge is 0.481 e. The summed E-state index contributed by atoms with van der Waals surface area (Å²) in [5.41, 5.74) is 3.76. The quantitative estimate of drug-likeness (QED) is 0.578. The Morgan fingerprint density at radius 2 is 1.65 bits per heavy atom. The summed E-state index contributed by atoms with van der Waals surface area (Å²) in [7, 11) is 0. The molecule has 1 aliphatic carbocycles. The topological polar surface area (TPSA) is 95.9 Å². The third-order valence-corrected chi connectivity index (χ3v) is 5.91. The van der Waals surface area contributed by atoms with E-state index in [-0.39, 0.29) is 31.9 Å². The van der Waals surface area contributed by atoms with Crippen molar-refractivity contribution in [3.8, 4) is 23.5 Å². The van der Waals surface area contributed by atoms with Gasteiger partial charge >= 0.3 is 12.1 Å². The number of fused-ring (bicyclic) bond motifs is 3. The Labute approximate surface area is 200 Å². The number of aliphatic carboxylic acids is 1. The summed E-state index contributed by atoms with van der Waals surface area (Å²) in [4.78, 5) is 38.5. The summed E-state index contributed by atoms with van der Waals surface area (Å²) < 4.78 is 5.54. The fourth-order valence-corrected chi connectivity index (χ4v) is 4.23. The van der Waals surface area contributed by atoms with Crippen LogP contribution in [-0.2, 0) is 14.3 Å². The van der Waals surface area contributed by atoms with Crippen molar-refractivity contribution in [2.45, 2.75) is 51.1 Å². The number of benzene rings is 2. The molecule has 0 fully saturated rings. The molecule has 2 aromatic rings. The van der Waals surface area contributed by atoms with Crippen molar-refractivity contribution in [1.82, 2.24) is 10.2 Å². The highest BCUT2D eigenvalue weighted by Crippen LogP contribution is 2.44. The van der Waals surface area contributed by atoms with Crippen molar-refractivity contribution in [2.24, 2.45) is 0 Å². The minimum atomic E-state index is -1.07. The van der Waals surface area contributed by atoms with Gasteiger partial charge in [-0.15, -0.1) is 6.42 Å². The number of hydrogen-bond acceptors (Lipinski definition) is 4. The van der Waals surface area contributed by atoms with Crippen LogP contribution in [0.25, 0.3) is 11.1 Å². The van der Waals surface area contributed by atoms with E-state index in [9.17, 15) is 14.4 Å². The molecule has 1 unspecified atom stereocenters. The van der Waals surface area contributed by atoms with Gasteiger partial charge in [0.2, 0.25) is 5.91 Å². The lowest BCUT2D eigenvalue weighted by molar-refractivity contribution is -0.139. The summed E-state index contributed by atoms with van der Waals surface area (Å²) in [6.07, 6.45) is 4.30. The number of alkyl carbamates (subject to hydrolysis) is 1. The van der Waals surface area contributed by atoms with Crippen molar-refractivity contribution in [3.63, 3.8) is 0 Å². The predicted octanol–water partition coefficient (Wildman–Crippen LogP) is 4.02. The third-order valence-electron chi connectivity index (χ3n) is 5.91. The van der Waals surface area contributed by atoms with E-state index in [2.05, 4.69) is 11.2 Å².